The van der Waals surface area contributed by atoms with Crippen LogP contribution in [0.3, 0.4) is 0 Å². The molecule has 18 heavy (non-hydrogen) atoms. The normalized spacial score (nSPS) is 25.3. The molecule has 1 saturated heterocycles. The fourth-order valence-electron chi connectivity index (χ4n) is 2.57. The molecule has 0 bridgehead atoms. The van der Waals surface area contributed by atoms with Gasteiger partial charge in [0.05, 0.1) is 12.2 Å². The van der Waals surface area contributed by atoms with E-state index in [0.717, 1.165) is 25.1 Å². The van der Waals surface area contributed by atoms with Gasteiger partial charge < -0.3 is 10.1 Å². The number of hydrogen-bond donors (Lipinski definition) is 1. The standard InChI is InChI=1S/C15H24N2O/c1-4-16-14(15-8-6-12(3)18-15)9-13-7-5-11(2)10-17-13/h5,7,10,12,14-16H,4,6,8-9H2,1-3H3. The van der Waals surface area contributed by atoms with Crippen LogP contribution < -0.4 is 5.32 Å². The number of nitrogens with one attached hydrogen (secondary N) is 1. The highest BCUT2D eigenvalue weighted by Gasteiger charge is 2.29. The summed E-state index contributed by atoms with van der Waals surface area (Å²) in [6, 6.07) is 4.64. The van der Waals surface area contributed by atoms with E-state index < -0.39 is 0 Å². The minimum atomic E-state index is 0.336. The Bertz CT molecular complexity index is 363. The molecule has 0 spiro atoms. The van der Waals surface area contributed by atoms with Crippen LogP contribution in [0.1, 0.15) is 37.9 Å². The summed E-state index contributed by atoms with van der Waals surface area (Å²) in [6.45, 7) is 7.35. The van der Waals surface area contributed by atoms with Gasteiger partial charge in [0, 0.05) is 24.4 Å². The maximum absolute atomic E-state index is 5.98. The van der Waals surface area contributed by atoms with Crippen LogP contribution in [0.4, 0.5) is 0 Å². The van der Waals surface area contributed by atoms with Crippen LogP contribution in [0, 0.1) is 6.92 Å². The smallest absolute Gasteiger partial charge is 0.0736 e. The van der Waals surface area contributed by atoms with E-state index in [1.165, 1.54) is 12.0 Å². The summed E-state index contributed by atoms with van der Waals surface area (Å²) in [7, 11) is 0. The molecule has 2 rings (SSSR count). The molecule has 0 saturated carbocycles. The minimum Gasteiger partial charge on any atom is -0.374 e. The first kappa shape index (κ1) is 13.5. The molecule has 0 aromatic carbocycles. The summed E-state index contributed by atoms with van der Waals surface area (Å²) in [4.78, 5) is 4.50. The summed E-state index contributed by atoms with van der Waals surface area (Å²) in [6.07, 6.45) is 5.96. The van der Waals surface area contributed by atoms with Crippen molar-refractivity contribution in [2.45, 2.75) is 58.3 Å². The highest BCUT2D eigenvalue weighted by atomic mass is 16.5. The molecule has 1 N–H and O–H groups in total. The van der Waals surface area contributed by atoms with Crippen molar-refractivity contribution >= 4 is 0 Å². The molecule has 3 nitrogen and oxygen atoms in total. The topological polar surface area (TPSA) is 34.2 Å². The Morgan fingerprint density at radius 3 is 2.83 bits per heavy atom. The van der Waals surface area contributed by atoms with Gasteiger partial charge in [0.1, 0.15) is 0 Å². The van der Waals surface area contributed by atoms with Gasteiger partial charge in [-0.3, -0.25) is 4.98 Å². The van der Waals surface area contributed by atoms with Gasteiger partial charge in [-0.15, -0.1) is 0 Å². The predicted octanol–water partition coefficient (Wildman–Crippen LogP) is 2.48. The number of pyridine rings is 1. The Balaban J connectivity index is 1.99. The maximum atomic E-state index is 5.98. The van der Waals surface area contributed by atoms with Crippen molar-refractivity contribution < 1.29 is 4.74 Å². The Morgan fingerprint density at radius 2 is 2.28 bits per heavy atom. The average Bonchev–Trinajstić information content (AvgIpc) is 2.78. The van der Waals surface area contributed by atoms with E-state index in [0.29, 0.717) is 18.2 Å². The molecule has 1 aromatic heterocycles. The largest absolute Gasteiger partial charge is 0.374 e. The lowest BCUT2D eigenvalue weighted by Crippen LogP contribution is -2.41. The number of rotatable bonds is 5. The molecule has 1 aliphatic rings. The Hall–Kier alpha value is -0.930. The van der Waals surface area contributed by atoms with Crippen LogP contribution in [0.25, 0.3) is 0 Å². The van der Waals surface area contributed by atoms with Gasteiger partial charge in [-0.2, -0.15) is 0 Å². The Morgan fingerprint density at radius 1 is 1.44 bits per heavy atom. The van der Waals surface area contributed by atoms with E-state index in [1.54, 1.807) is 0 Å². The minimum absolute atomic E-state index is 0.336. The molecule has 0 amide bonds. The van der Waals surface area contributed by atoms with E-state index in [-0.39, 0.29) is 0 Å². The van der Waals surface area contributed by atoms with E-state index in [9.17, 15) is 0 Å². The lowest BCUT2D eigenvalue weighted by Gasteiger charge is -2.24. The lowest BCUT2D eigenvalue weighted by molar-refractivity contribution is 0.0322. The molecule has 0 aliphatic carbocycles. The summed E-state index contributed by atoms with van der Waals surface area (Å²) in [5, 5.41) is 3.54. The predicted molar refractivity (Wildman–Crippen MR) is 73.7 cm³/mol. The molecule has 0 radical (unpaired) electrons. The molecule has 3 atom stereocenters. The van der Waals surface area contributed by atoms with E-state index in [4.69, 9.17) is 4.74 Å². The highest BCUT2D eigenvalue weighted by Crippen LogP contribution is 2.23. The van der Waals surface area contributed by atoms with Crippen molar-refractivity contribution in [2.24, 2.45) is 0 Å². The summed E-state index contributed by atoms with van der Waals surface area (Å²) in [5.41, 5.74) is 2.36. The van der Waals surface area contributed by atoms with Gasteiger partial charge in [-0.05, 0) is 44.9 Å². The third-order valence-electron chi connectivity index (χ3n) is 3.58. The molecular formula is C15H24N2O. The zero-order chi connectivity index (χ0) is 13.0. The van der Waals surface area contributed by atoms with Crippen molar-refractivity contribution in [3.05, 3.63) is 29.6 Å². The Labute approximate surface area is 110 Å². The molecule has 3 unspecified atom stereocenters. The van der Waals surface area contributed by atoms with Gasteiger partial charge in [-0.1, -0.05) is 13.0 Å². The third-order valence-corrected chi connectivity index (χ3v) is 3.58. The quantitative estimate of drug-likeness (QED) is 0.869. The van der Waals surface area contributed by atoms with Crippen molar-refractivity contribution in [3.63, 3.8) is 0 Å². The molecular weight excluding hydrogens is 224 g/mol. The van der Waals surface area contributed by atoms with E-state index in [1.807, 2.05) is 6.20 Å². The summed E-state index contributed by atoms with van der Waals surface area (Å²) >= 11 is 0. The second kappa shape index (κ2) is 6.30. The van der Waals surface area contributed by atoms with Crippen LogP contribution in [-0.2, 0) is 11.2 Å². The van der Waals surface area contributed by atoms with Crippen LogP contribution in [0.2, 0.25) is 0 Å². The molecule has 3 heteroatoms. The number of nitrogens with zero attached hydrogens (tertiary/aromatic N) is 1. The SMILES string of the molecule is CCNC(Cc1ccc(C)cn1)C1CCC(C)O1. The molecule has 1 aromatic rings. The van der Waals surface area contributed by atoms with Gasteiger partial charge in [0.2, 0.25) is 0 Å². The number of hydrogen-bond acceptors (Lipinski definition) is 3. The first-order valence-corrected chi connectivity index (χ1v) is 6.99. The van der Waals surface area contributed by atoms with E-state index >= 15 is 0 Å². The lowest BCUT2D eigenvalue weighted by atomic mass is 10.0. The van der Waals surface area contributed by atoms with Crippen molar-refractivity contribution in [1.29, 1.82) is 0 Å². The Kier molecular flexibility index (Phi) is 4.72. The van der Waals surface area contributed by atoms with Gasteiger partial charge in [0.15, 0.2) is 0 Å². The zero-order valence-electron chi connectivity index (χ0n) is 11.6. The highest BCUT2D eigenvalue weighted by molar-refractivity contribution is 5.13. The first-order valence-electron chi connectivity index (χ1n) is 6.99. The van der Waals surface area contributed by atoms with Gasteiger partial charge >= 0.3 is 0 Å². The first-order chi connectivity index (χ1) is 8.69. The van der Waals surface area contributed by atoms with Crippen molar-refractivity contribution in [1.82, 2.24) is 10.3 Å². The van der Waals surface area contributed by atoms with Crippen molar-refractivity contribution in [2.75, 3.05) is 6.54 Å². The maximum Gasteiger partial charge on any atom is 0.0736 e. The second-order valence-corrected chi connectivity index (χ2v) is 5.26. The number of aryl methyl sites for hydroxylation is 1. The average molecular weight is 248 g/mol. The van der Waals surface area contributed by atoms with Crippen LogP contribution in [0.15, 0.2) is 18.3 Å². The molecule has 100 valence electrons. The molecule has 1 aliphatic heterocycles. The van der Waals surface area contributed by atoms with Gasteiger partial charge in [0.25, 0.3) is 0 Å². The van der Waals surface area contributed by atoms with Crippen LogP contribution in [-0.4, -0.2) is 29.8 Å². The fourth-order valence-corrected chi connectivity index (χ4v) is 2.57. The van der Waals surface area contributed by atoms with E-state index in [2.05, 4.69) is 43.2 Å². The van der Waals surface area contributed by atoms with Crippen molar-refractivity contribution in [3.8, 4) is 0 Å². The monoisotopic (exact) mass is 248 g/mol. The molecule has 1 fully saturated rings. The van der Waals surface area contributed by atoms with Gasteiger partial charge in [-0.25, -0.2) is 0 Å². The van der Waals surface area contributed by atoms with Crippen LogP contribution >= 0.6 is 0 Å². The summed E-state index contributed by atoms with van der Waals surface area (Å²) in [5.74, 6) is 0. The number of likely N-dealkylation sites (N-methyl/N-ethyl adjacent to an activating group) is 1. The second-order valence-electron chi connectivity index (χ2n) is 5.26. The van der Waals surface area contributed by atoms with Crippen LogP contribution in [0.5, 0.6) is 0 Å². The zero-order valence-corrected chi connectivity index (χ0v) is 11.6. The molecule has 2 heterocycles. The number of ether oxygens (including phenoxy) is 1. The number of aromatic nitrogens is 1. The fraction of sp³-hybridized carbons (Fsp3) is 0.667. The summed E-state index contributed by atoms with van der Waals surface area (Å²) < 4.78 is 5.98. The third kappa shape index (κ3) is 3.53.